The van der Waals surface area contributed by atoms with E-state index >= 15 is 0 Å². The fourth-order valence-corrected chi connectivity index (χ4v) is 15.5. The summed E-state index contributed by atoms with van der Waals surface area (Å²) in [5, 5.41) is 21.9. The summed E-state index contributed by atoms with van der Waals surface area (Å²) in [6.07, 6.45) is 11.3. The van der Waals surface area contributed by atoms with Gasteiger partial charge < -0.3 is 30.7 Å². The van der Waals surface area contributed by atoms with Crippen LogP contribution >= 0.6 is 0 Å². The van der Waals surface area contributed by atoms with Crippen molar-refractivity contribution in [1.29, 1.82) is 0 Å². The molecule has 2 aliphatic heterocycles. The van der Waals surface area contributed by atoms with Crippen LogP contribution in [0.4, 0.5) is 0 Å². The van der Waals surface area contributed by atoms with E-state index in [4.69, 9.17) is 4.74 Å². The fraction of sp³-hybridized carbons (Fsp3) is 0.886. The molecule has 9 heteroatoms. The van der Waals surface area contributed by atoms with E-state index in [1.54, 1.807) is 0 Å². The lowest BCUT2D eigenvalue weighted by molar-refractivity contribution is -0.289. The number of ether oxygens (including phenoxy) is 1. The van der Waals surface area contributed by atoms with Crippen LogP contribution in [0, 0.1) is 62.1 Å². The largest absolute Gasteiger partial charge is 0.392 e. The Labute approximate surface area is 318 Å². The second-order valence-corrected chi connectivity index (χ2v) is 21.1. The topological polar surface area (TPSA) is 120 Å². The van der Waals surface area contributed by atoms with Crippen molar-refractivity contribution in [2.24, 2.45) is 62.1 Å². The first-order valence-corrected chi connectivity index (χ1v) is 21.4. The summed E-state index contributed by atoms with van der Waals surface area (Å²) < 4.78 is 5.36. The predicted molar refractivity (Wildman–Crippen MR) is 205 cm³/mol. The number of nitrogens with zero attached hydrogens (tertiary/aromatic N) is 1. The van der Waals surface area contributed by atoms with Gasteiger partial charge in [0.2, 0.25) is 17.7 Å². The third-order valence-corrected chi connectivity index (χ3v) is 19.3. The monoisotopic (exact) mass is 735 g/mol. The molecule has 0 aromatic carbocycles. The molecule has 3 amide bonds. The van der Waals surface area contributed by atoms with Crippen molar-refractivity contribution in [3.05, 3.63) is 12.2 Å². The van der Waals surface area contributed by atoms with Crippen molar-refractivity contribution < 1.29 is 24.2 Å². The van der Waals surface area contributed by atoms with Gasteiger partial charge in [-0.15, -0.1) is 0 Å². The van der Waals surface area contributed by atoms with Crippen molar-refractivity contribution in [1.82, 2.24) is 20.9 Å². The van der Waals surface area contributed by atoms with E-state index in [0.29, 0.717) is 63.4 Å². The summed E-state index contributed by atoms with van der Waals surface area (Å²) in [6.45, 7) is 24.8. The molecule has 6 aliphatic carbocycles. The highest BCUT2D eigenvalue weighted by Gasteiger charge is 2.78. The Kier molecular flexibility index (Phi) is 8.96. The summed E-state index contributed by atoms with van der Waals surface area (Å²) in [4.78, 5) is 42.7. The smallest absolute Gasteiger partial charge is 0.226 e. The van der Waals surface area contributed by atoms with Gasteiger partial charge in [-0.3, -0.25) is 14.4 Å². The molecule has 0 radical (unpaired) electrons. The Hall–Kier alpha value is -1.97. The molecule has 0 aromatic rings. The second kappa shape index (κ2) is 12.5. The molecular formula is C44H70N4O5. The molecule has 2 unspecified atom stereocenters. The molecular weight excluding hydrogens is 665 g/mol. The van der Waals surface area contributed by atoms with Crippen molar-refractivity contribution in [2.75, 3.05) is 39.4 Å². The molecule has 8 aliphatic rings. The zero-order valence-corrected chi connectivity index (χ0v) is 34.0. The zero-order valence-electron chi connectivity index (χ0n) is 34.0. The van der Waals surface area contributed by atoms with Crippen LogP contribution < -0.4 is 16.0 Å². The summed E-state index contributed by atoms with van der Waals surface area (Å²) >= 11 is 0. The van der Waals surface area contributed by atoms with Gasteiger partial charge in [-0.05, 0) is 123 Å². The number of nitrogens with one attached hydrogen (secondary N) is 3. The number of morpholine rings is 1. The first-order valence-electron chi connectivity index (χ1n) is 21.4. The predicted octanol–water partition coefficient (Wildman–Crippen LogP) is 5.61. The van der Waals surface area contributed by atoms with Gasteiger partial charge in [0.05, 0.1) is 24.7 Å². The summed E-state index contributed by atoms with van der Waals surface area (Å²) in [6, 6.07) is -0.0541. The molecule has 8 fully saturated rings. The van der Waals surface area contributed by atoms with E-state index in [2.05, 4.69) is 71.0 Å². The Morgan fingerprint density at radius 1 is 0.868 bits per heavy atom. The number of allylic oxidation sites excluding steroid dienone is 1. The molecule has 2 heterocycles. The SMILES string of the molecule is C=C(C)[C@@H]1CC[C@]2(C(=O)NC3CC(C(=O)NCCC(=O)N4CCOCC4)C3(C)C)CC[C@]3(C)[C@H](CC[C@@H]4[C@@]5(C)CC[C@H](O)[C@@]6(C)CN[C@@]56CC[C@]43C)[C@@H]12. The minimum atomic E-state index is -0.400. The van der Waals surface area contributed by atoms with Crippen LogP contribution in [-0.2, 0) is 19.1 Å². The van der Waals surface area contributed by atoms with Crippen LogP contribution in [0.25, 0.3) is 0 Å². The van der Waals surface area contributed by atoms with Gasteiger partial charge in [-0.25, -0.2) is 0 Å². The number of carbonyl (C=O) groups is 3. The Bertz CT molecular complexity index is 1540. The lowest BCUT2D eigenvalue weighted by Gasteiger charge is -2.79. The average molecular weight is 735 g/mol. The zero-order chi connectivity index (χ0) is 38.0. The van der Waals surface area contributed by atoms with Gasteiger partial charge in [0, 0.05) is 55.5 Å². The maximum absolute atomic E-state index is 14.9. The maximum atomic E-state index is 14.9. The molecule has 6 saturated carbocycles. The molecule has 0 bridgehead atoms. The highest BCUT2D eigenvalue weighted by molar-refractivity contribution is 5.86. The van der Waals surface area contributed by atoms with E-state index in [-0.39, 0.29) is 74.3 Å². The number of aliphatic hydroxyl groups excluding tert-OH is 1. The minimum Gasteiger partial charge on any atom is -0.392 e. The van der Waals surface area contributed by atoms with Gasteiger partial charge in [0.25, 0.3) is 0 Å². The summed E-state index contributed by atoms with van der Waals surface area (Å²) in [5.41, 5.74) is 0.880. The number of fused-ring (bicyclic) bond motifs is 6. The van der Waals surface area contributed by atoms with Crippen molar-refractivity contribution in [3.63, 3.8) is 0 Å². The lowest BCUT2D eigenvalue weighted by Crippen LogP contribution is -2.86. The van der Waals surface area contributed by atoms with Crippen molar-refractivity contribution in [3.8, 4) is 0 Å². The summed E-state index contributed by atoms with van der Waals surface area (Å²) in [7, 11) is 0. The molecule has 9 nitrogen and oxygen atoms in total. The Morgan fingerprint density at radius 2 is 1.58 bits per heavy atom. The number of amides is 3. The molecule has 1 spiro atoms. The molecule has 0 aromatic heterocycles. The molecule has 296 valence electrons. The van der Waals surface area contributed by atoms with Crippen LogP contribution in [0.1, 0.15) is 126 Å². The first kappa shape index (κ1) is 37.9. The fourth-order valence-electron chi connectivity index (χ4n) is 15.5. The highest BCUT2D eigenvalue weighted by Crippen LogP contribution is 2.79. The van der Waals surface area contributed by atoms with Crippen molar-refractivity contribution >= 4 is 17.7 Å². The van der Waals surface area contributed by atoms with Crippen LogP contribution in [0.2, 0.25) is 0 Å². The number of carbonyl (C=O) groups excluding carboxylic acids is 3. The molecule has 8 rings (SSSR count). The molecule has 4 N–H and O–H groups in total. The van der Waals surface area contributed by atoms with E-state index in [1.807, 2.05) is 4.90 Å². The Balaban J connectivity index is 0.976. The average Bonchev–Trinajstić information content (AvgIpc) is 3.53. The standard InChI is InChI=1S/C44H70N4O5/c1-27(2)28-11-15-43(37(52)47-32-25-30(38(32,3)4)36(51)45-20-13-34(50)48-21-23-53-24-22-48)18-16-39(5)29(35(28)43)9-10-31-40(39,6)17-19-44-41(31,7)14-12-33(49)42(44,8)26-46-44/h28-33,35,46,49H,1,9-26H2,2-8H3,(H,45,51)(H,47,52)/t28-,29+,30?,31-,32?,33-,35+,39+,40+,41+,42+,43-,44-/m0/s1. The molecule has 2 saturated heterocycles. The normalized spacial score (nSPS) is 49.4. The van der Waals surface area contributed by atoms with Crippen LogP contribution in [-0.4, -0.2) is 84.8 Å². The number of rotatable bonds is 7. The number of hydrogen-bond donors (Lipinski definition) is 4. The van der Waals surface area contributed by atoms with E-state index in [9.17, 15) is 19.5 Å². The third kappa shape index (κ3) is 4.93. The highest BCUT2D eigenvalue weighted by atomic mass is 16.5. The van der Waals surface area contributed by atoms with E-state index < -0.39 is 5.41 Å². The van der Waals surface area contributed by atoms with E-state index in [0.717, 1.165) is 57.9 Å². The van der Waals surface area contributed by atoms with Gasteiger partial charge >= 0.3 is 0 Å². The van der Waals surface area contributed by atoms with Crippen LogP contribution in [0.15, 0.2) is 12.2 Å². The lowest BCUT2D eigenvalue weighted by atomic mass is 9.29. The summed E-state index contributed by atoms with van der Waals surface area (Å²) in [5.74, 6) is 1.77. The Morgan fingerprint density at radius 3 is 2.25 bits per heavy atom. The van der Waals surface area contributed by atoms with E-state index in [1.165, 1.54) is 18.4 Å². The third-order valence-electron chi connectivity index (χ3n) is 19.3. The quantitative estimate of drug-likeness (QED) is 0.253. The van der Waals surface area contributed by atoms with Gasteiger partial charge in [-0.2, -0.15) is 0 Å². The second-order valence-electron chi connectivity index (χ2n) is 21.1. The number of hydrogen-bond acceptors (Lipinski definition) is 6. The van der Waals surface area contributed by atoms with Crippen LogP contribution in [0.5, 0.6) is 0 Å². The first-order chi connectivity index (χ1) is 24.9. The van der Waals surface area contributed by atoms with Crippen LogP contribution in [0.3, 0.4) is 0 Å². The number of aliphatic hydroxyl groups is 1. The van der Waals surface area contributed by atoms with Crippen molar-refractivity contribution in [2.45, 2.75) is 143 Å². The molecule has 53 heavy (non-hydrogen) atoms. The minimum absolute atomic E-state index is 0.0131. The molecule has 13 atom stereocenters. The van der Waals surface area contributed by atoms with Gasteiger partial charge in [0.1, 0.15) is 0 Å². The maximum Gasteiger partial charge on any atom is 0.226 e. The van der Waals surface area contributed by atoms with Gasteiger partial charge in [-0.1, -0.05) is 53.7 Å². The van der Waals surface area contributed by atoms with Gasteiger partial charge in [0.15, 0.2) is 0 Å².